The van der Waals surface area contributed by atoms with Gasteiger partial charge in [-0.1, -0.05) is 0 Å². The molecule has 0 N–H and O–H groups in total. The van der Waals surface area contributed by atoms with Crippen molar-refractivity contribution in [2.75, 3.05) is 0 Å². The van der Waals surface area contributed by atoms with Crippen LogP contribution in [0, 0.1) is 22.7 Å². The first kappa shape index (κ1) is 12.9. The van der Waals surface area contributed by atoms with E-state index < -0.39 is 0 Å². The minimum absolute atomic E-state index is 0.426. The van der Waals surface area contributed by atoms with Crippen molar-refractivity contribution in [3.8, 4) is 12.1 Å². The molecule has 0 amide bonds. The summed E-state index contributed by atoms with van der Waals surface area (Å²) in [5.74, 6) is 0. The van der Waals surface area contributed by atoms with E-state index in [9.17, 15) is 0 Å². The number of benzene rings is 2. The van der Waals surface area contributed by atoms with Crippen molar-refractivity contribution < 1.29 is 0 Å². The molecule has 0 aliphatic carbocycles. The van der Waals surface area contributed by atoms with Gasteiger partial charge in [-0.3, -0.25) is 0 Å². The van der Waals surface area contributed by atoms with Crippen LogP contribution in [0.15, 0.2) is 48.5 Å². The predicted molar refractivity (Wildman–Crippen MR) is 73.1 cm³/mol. The second-order valence-corrected chi connectivity index (χ2v) is 9.75. The molecule has 4 heteroatoms. The van der Waals surface area contributed by atoms with Crippen molar-refractivity contribution in [1.82, 2.24) is 0 Å². The average Bonchev–Trinajstić information content (AvgIpc) is 2.46. The minimum atomic E-state index is 0.426. The molecule has 2 nitrogen and oxygen atoms in total. The Kier molecular flexibility index (Phi) is 4.59. The second kappa shape index (κ2) is 6.41. The number of rotatable bonds is 3. The maximum absolute atomic E-state index is 8.72. The molecule has 18 heavy (non-hydrogen) atoms. The molecule has 2 aromatic carbocycles. The molecule has 0 fully saturated rings. The van der Waals surface area contributed by atoms with Crippen molar-refractivity contribution in [2.45, 2.75) is 0 Å². The normalized spacial score (nSPS) is 9.44. The SMILES string of the molecule is N#Cc1ccc([Se][Se]c2ccc(C#N)cc2)cc1. The van der Waals surface area contributed by atoms with Crippen molar-refractivity contribution in [3.63, 3.8) is 0 Å². The first-order chi connectivity index (χ1) is 8.81. The molecule has 0 saturated carbocycles. The Bertz CT molecular complexity index is 547. The molecular formula is C14H8N2Se2. The van der Waals surface area contributed by atoms with Crippen LogP contribution in [0.3, 0.4) is 0 Å². The summed E-state index contributed by atoms with van der Waals surface area (Å²) in [7, 11) is 0. The molecular weight excluding hydrogens is 354 g/mol. The maximum atomic E-state index is 8.72. The summed E-state index contributed by atoms with van der Waals surface area (Å²) < 4.78 is 2.62. The fraction of sp³-hybridized carbons (Fsp3) is 0. The summed E-state index contributed by atoms with van der Waals surface area (Å²) >= 11 is 0.851. The molecule has 0 aliphatic rings. The van der Waals surface area contributed by atoms with Gasteiger partial charge in [-0.15, -0.1) is 0 Å². The van der Waals surface area contributed by atoms with Gasteiger partial charge in [0.2, 0.25) is 0 Å². The first-order valence-electron chi connectivity index (χ1n) is 5.16. The predicted octanol–water partition coefficient (Wildman–Crippen LogP) is 0.704. The van der Waals surface area contributed by atoms with E-state index in [0.717, 1.165) is 0 Å². The van der Waals surface area contributed by atoms with E-state index in [1.54, 1.807) is 0 Å². The molecule has 0 saturated heterocycles. The van der Waals surface area contributed by atoms with E-state index in [1.165, 1.54) is 8.92 Å². The molecule has 0 aliphatic heterocycles. The topological polar surface area (TPSA) is 47.6 Å². The van der Waals surface area contributed by atoms with Gasteiger partial charge in [0.1, 0.15) is 0 Å². The number of hydrogen-bond acceptors (Lipinski definition) is 2. The summed E-state index contributed by atoms with van der Waals surface area (Å²) in [4.78, 5) is 0. The zero-order chi connectivity index (χ0) is 12.8. The van der Waals surface area contributed by atoms with Crippen molar-refractivity contribution >= 4 is 35.2 Å². The Hall–Kier alpha value is -1.54. The van der Waals surface area contributed by atoms with Crippen LogP contribution in [0.1, 0.15) is 11.1 Å². The fourth-order valence-corrected chi connectivity index (χ4v) is 7.23. The zero-order valence-electron chi connectivity index (χ0n) is 9.33. The Morgan fingerprint density at radius 1 is 0.611 bits per heavy atom. The van der Waals surface area contributed by atoms with Gasteiger partial charge in [0.15, 0.2) is 0 Å². The van der Waals surface area contributed by atoms with E-state index in [2.05, 4.69) is 12.1 Å². The standard InChI is InChI=1S/C14H8N2Se2/c15-9-11-1-5-13(6-2-11)17-18-14-7-3-12(10-16)4-8-14/h1-8H. The summed E-state index contributed by atoms with van der Waals surface area (Å²) in [5.41, 5.74) is 1.42. The molecule has 0 unspecified atom stereocenters. The van der Waals surface area contributed by atoms with Gasteiger partial charge in [0, 0.05) is 0 Å². The Balaban J connectivity index is 1.98. The molecule has 0 atom stereocenters. The summed E-state index contributed by atoms with van der Waals surface area (Å²) in [5, 5.41) is 17.4. The van der Waals surface area contributed by atoms with Gasteiger partial charge in [0.25, 0.3) is 0 Å². The Morgan fingerprint density at radius 3 is 1.22 bits per heavy atom. The summed E-state index contributed by atoms with van der Waals surface area (Å²) in [6.45, 7) is 0. The van der Waals surface area contributed by atoms with Gasteiger partial charge in [-0.2, -0.15) is 0 Å². The average molecular weight is 362 g/mol. The Labute approximate surface area is 117 Å². The van der Waals surface area contributed by atoms with Gasteiger partial charge in [0.05, 0.1) is 0 Å². The van der Waals surface area contributed by atoms with Crippen LogP contribution in [-0.2, 0) is 0 Å². The molecule has 0 heterocycles. The van der Waals surface area contributed by atoms with Crippen LogP contribution in [0.5, 0.6) is 0 Å². The van der Waals surface area contributed by atoms with Crippen LogP contribution in [0.25, 0.3) is 0 Å². The zero-order valence-corrected chi connectivity index (χ0v) is 12.8. The van der Waals surface area contributed by atoms with Gasteiger partial charge in [-0.05, 0) is 0 Å². The van der Waals surface area contributed by atoms with E-state index >= 15 is 0 Å². The monoisotopic (exact) mass is 364 g/mol. The molecule has 0 radical (unpaired) electrons. The number of nitriles is 2. The van der Waals surface area contributed by atoms with E-state index in [-0.39, 0.29) is 0 Å². The van der Waals surface area contributed by atoms with Crippen LogP contribution in [0.4, 0.5) is 0 Å². The molecule has 2 aromatic rings. The number of nitrogens with zero attached hydrogens (tertiary/aromatic N) is 2. The summed E-state index contributed by atoms with van der Waals surface area (Å²) in [6.07, 6.45) is 0. The van der Waals surface area contributed by atoms with Crippen LogP contribution >= 0.6 is 0 Å². The first-order valence-corrected chi connectivity index (χ1v) is 11.2. The van der Waals surface area contributed by atoms with Crippen molar-refractivity contribution in [2.24, 2.45) is 0 Å². The van der Waals surface area contributed by atoms with Crippen LogP contribution in [-0.4, -0.2) is 26.3 Å². The second-order valence-electron chi connectivity index (χ2n) is 3.44. The molecule has 86 valence electrons. The third-order valence-electron chi connectivity index (χ3n) is 2.20. The van der Waals surface area contributed by atoms with Crippen LogP contribution in [0.2, 0.25) is 0 Å². The van der Waals surface area contributed by atoms with Crippen molar-refractivity contribution in [1.29, 1.82) is 10.5 Å². The van der Waals surface area contributed by atoms with E-state index in [4.69, 9.17) is 10.5 Å². The third kappa shape index (κ3) is 3.47. The molecule has 0 bridgehead atoms. The van der Waals surface area contributed by atoms with E-state index in [1.807, 2.05) is 48.5 Å². The summed E-state index contributed by atoms with van der Waals surface area (Å²) in [6, 6.07) is 19.8. The van der Waals surface area contributed by atoms with Crippen LogP contribution < -0.4 is 8.92 Å². The molecule has 0 spiro atoms. The van der Waals surface area contributed by atoms with Gasteiger partial charge >= 0.3 is 118 Å². The quantitative estimate of drug-likeness (QED) is 0.755. The van der Waals surface area contributed by atoms with Crippen molar-refractivity contribution in [3.05, 3.63) is 59.7 Å². The van der Waals surface area contributed by atoms with Gasteiger partial charge in [-0.25, -0.2) is 0 Å². The number of hydrogen-bond donors (Lipinski definition) is 0. The Morgan fingerprint density at radius 2 is 0.944 bits per heavy atom. The third-order valence-corrected chi connectivity index (χ3v) is 9.43. The fourth-order valence-electron chi connectivity index (χ4n) is 1.27. The van der Waals surface area contributed by atoms with E-state index in [0.29, 0.717) is 37.4 Å². The van der Waals surface area contributed by atoms with Gasteiger partial charge < -0.3 is 0 Å². The molecule has 2 rings (SSSR count). The molecule has 0 aromatic heterocycles.